The molecule has 0 aliphatic carbocycles. The molecule has 0 saturated carbocycles. The number of para-hydroxylation sites is 1. The molecule has 0 fully saturated rings. The molecule has 0 unspecified atom stereocenters. The molecule has 0 bridgehead atoms. The van der Waals surface area contributed by atoms with Crippen LogP contribution in [0.25, 0.3) is 0 Å². The van der Waals surface area contributed by atoms with E-state index in [0.29, 0.717) is 43.3 Å². The van der Waals surface area contributed by atoms with Crippen LogP contribution in [-0.2, 0) is 6.54 Å². The molecule has 6 nitrogen and oxygen atoms in total. The van der Waals surface area contributed by atoms with E-state index in [4.69, 9.17) is 4.74 Å². The molecule has 0 radical (unpaired) electrons. The van der Waals surface area contributed by atoms with E-state index in [1.165, 1.54) is 6.07 Å². The molecule has 0 aliphatic heterocycles. The number of carbonyl (C=O) groups is 1. The number of ether oxygens (including phenoxy) is 1. The summed E-state index contributed by atoms with van der Waals surface area (Å²) in [5.74, 6) is 0.754. The first-order valence-corrected chi connectivity index (χ1v) is 9.24. The second-order valence-electron chi connectivity index (χ2n) is 6.11. The van der Waals surface area contributed by atoms with Crippen LogP contribution in [0.1, 0.15) is 28.4 Å². The predicted molar refractivity (Wildman–Crippen MR) is 125 cm³/mol. The summed E-state index contributed by atoms with van der Waals surface area (Å²) in [6.07, 6.45) is 0. The van der Waals surface area contributed by atoms with Crippen molar-refractivity contribution in [3.05, 3.63) is 65.0 Å². The number of guanidine groups is 1. The van der Waals surface area contributed by atoms with Gasteiger partial charge in [0.25, 0.3) is 5.91 Å². The zero-order valence-electron chi connectivity index (χ0n) is 16.9. The second kappa shape index (κ2) is 13.0. The fourth-order valence-electron chi connectivity index (χ4n) is 2.54. The number of aliphatic imine (C=N–C) groups is 1. The minimum absolute atomic E-state index is 0. The number of rotatable bonds is 8. The first kappa shape index (κ1) is 24.7. The van der Waals surface area contributed by atoms with Gasteiger partial charge < -0.3 is 20.7 Å². The third kappa shape index (κ3) is 7.88. The Morgan fingerprint density at radius 1 is 1.10 bits per heavy atom. The highest BCUT2D eigenvalue weighted by Gasteiger charge is 2.08. The number of aryl methyl sites for hydroxylation is 1. The quantitative estimate of drug-likeness (QED) is 0.219. The van der Waals surface area contributed by atoms with Crippen molar-refractivity contribution < 1.29 is 13.9 Å². The smallest absolute Gasteiger partial charge is 0.251 e. The Labute approximate surface area is 188 Å². The molecule has 8 heteroatoms. The average Bonchev–Trinajstić information content (AvgIpc) is 2.70. The van der Waals surface area contributed by atoms with Crippen LogP contribution in [0, 0.1) is 12.7 Å². The van der Waals surface area contributed by atoms with Crippen LogP contribution in [-0.4, -0.2) is 38.6 Å². The lowest BCUT2D eigenvalue weighted by Crippen LogP contribution is -2.41. The number of carbonyl (C=O) groups excluding carboxylic acids is 1. The normalized spacial score (nSPS) is 10.7. The third-order valence-corrected chi connectivity index (χ3v) is 4.08. The summed E-state index contributed by atoms with van der Waals surface area (Å²) in [5.41, 5.74) is 1.85. The Balaban J connectivity index is 0.00000420. The summed E-state index contributed by atoms with van der Waals surface area (Å²) < 4.78 is 19.2. The van der Waals surface area contributed by atoms with Crippen molar-refractivity contribution in [2.45, 2.75) is 20.4 Å². The van der Waals surface area contributed by atoms with Crippen LogP contribution in [0.4, 0.5) is 4.39 Å². The van der Waals surface area contributed by atoms with Crippen molar-refractivity contribution in [3.8, 4) is 5.75 Å². The summed E-state index contributed by atoms with van der Waals surface area (Å²) in [6, 6.07) is 12.3. The van der Waals surface area contributed by atoms with E-state index in [1.54, 1.807) is 26.1 Å². The Bertz CT molecular complexity index is 830. The van der Waals surface area contributed by atoms with E-state index in [9.17, 15) is 9.18 Å². The van der Waals surface area contributed by atoms with E-state index in [2.05, 4.69) is 20.9 Å². The van der Waals surface area contributed by atoms with Crippen molar-refractivity contribution in [2.24, 2.45) is 4.99 Å². The van der Waals surface area contributed by atoms with Gasteiger partial charge >= 0.3 is 0 Å². The van der Waals surface area contributed by atoms with Crippen LogP contribution in [0.2, 0.25) is 0 Å². The van der Waals surface area contributed by atoms with E-state index in [0.717, 1.165) is 11.3 Å². The van der Waals surface area contributed by atoms with Gasteiger partial charge in [0.15, 0.2) is 5.96 Å². The van der Waals surface area contributed by atoms with Gasteiger partial charge in [0, 0.05) is 37.8 Å². The van der Waals surface area contributed by atoms with Gasteiger partial charge in [0.2, 0.25) is 0 Å². The van der Waals surface area contributed by atoms with Crippen LogP contribution < -0.4 is 20.7 Å². The zero-order valence-corrected chi connectivity index (χ0v) is 19.3. The number of nitrogens with zero attached hydrogens (tertiary/aromatic N) is 1. The number of hydrogen-bond donors (Lipinski definition) is 3. The number of benzene rings is 2. The SMILES string of the molecule is CCOc1ccccc1CNC(=NC)NCCNC(=O)c1ccc(C)c(F)c1.I. The largest absolute Gasteiger partial charge is 0.494 e. The molecular formula is C21H28FIN4O2. The molecule has 29 heavy (non-hydrogen) atoms. The molecule has 0 atom stereocenters. The van der Waals surface area contributed by atoms with Crippen molar-refractivity contribution in [1.82, 2.24) is 16.0 Å². The van der Waals surface area contributed by atoms with Gasteiger partial charge in [-0.05, 0) is 37.6 Å². The Morgan fingerprint density at radius 3 is 2.52 bits per heavy atom. The lowest BCUT2D eigenvalue weighted by atomic mass is 10.1. The standard InChI is InChI=1S/C21H27FN4O2.HI/c1-4-28-19-8-6-5-7-17(19)14-26-21(23-3)25-12-11-24-20(27)16-10-9-15(2)18(22)13-16;/h5-10,13H,4,11-12,14H2,1-3H3,(H,24,27)(H2,23,25,26);1H. The minimum atomic E-state index is -0.386. The molecule has 3 N–H and O–H groups in total. The van der Waals surface area contributed by atoms with Crippen molar-refractivity contribution >= 4 is 35.8 Å². The molecular weight excluding hydrogens is 486 g/mol. The lowest BCUT2D eigenvalue weighted by molar-refractivity contribution is 0.0954. The maximum absolute atomic E-state index is 13.6. The van der Waals surface area contributed by atoms with E-state index >= 15 is 0 Å². The van der Waals surface area contributed by atoms with Gasteiger partial charge in [-0.3, -0.25) is 9.79 Å². The molecule has 1 amide bonds. The average molecular weight is 514 g/mol. The van der Waals surface area contributed by atoms with E-state index in [-0.39, 0.29) is 35.7 Å². The second-order valence-corrected chi connectivity index (χ2v) is 6.11. The summed E-state index contributed by atoms with van der Waals surface area (Å²) in [5, 5.41) is 9.10. The number of hydrogen-bond acceptors (Lipinski definition) is 3. The van der Waals surface area contributed by atoms with Gasteiger partial charge in [-0.1, -0.05) is 24.3 Å². The predicted octanol–water partition coefficient (Wildman–Crippen LogP) is 3.25. The number of nitrogens with one attached hydrogen (secondary N) is 3. The Hall–Kier alpha value is -2.36. The molecule has 2 aromatic rings. The first-order valence-electron chi connectivity index (χ1n) is 9.24. The summed E-state index contributed by atoms with van der Waals surface area (Å²) in [4.78, 5) is 16.2. The number of halogens is 2. The summed E-state index contributed by atoms with van der Waals surface area (Å²) in [6.45, 7) is 5.63. The molecule has 158 valence electrons. The van der Waals surface area contributed by atoms with Gasteiger partial charge in [0.1, 0.15) is 11.6 Å². The molecule has 0 saturated heterocycles. The molecule has 2 rings (SSSR count). The van der Waals surface area contributed by atoms with Gasteiger partial charge in [-0.15, -0.1) is 24.0 Å². The van der Waals surface area contributed by atoms with Crippen molar-refractivity contribution in [3.63, 3.8) is 0 Å². The first-order chi connectivity index (χ1) is 13.5. The maximum atomic E-state index is 13.6. The minimum Gasteiger partial charge on any atom is -0.494 e. The van der Waals surface area contributed by atoms with Crippen LogP contribution >= 0.6 is 24.0 Å². The van der Waals surface area contributed by atoms with Crippen LogP contribution in [0.3, 0.4) is 0 Å². The highest BCUT2D eigenvalue weighted by molar-refractivity contribution is 14.0. The molecule has 0 aromatic heterocycles. The van der Waals surface area contributed by atoms with Crippen LogP contribution in [0.15, 0.2) is 47.5 Å². The van der Waals surface area contributed by atoms with E-state index in [1.807, 2.05) is 31.2 Å². The summed E-state index contributed by atoms with van der Waals surface area (Å²) >= 11 is 0. The van der Waals surface area contributed by atoms with Crippen molar-refractivity contribution in [2.75, 3.05) is 26.7 Å². The summed E-state index contributed by atoms with van der Waals surface area (Å²) in [7, 11) is 1.68. The van der Waals surface area contributed by atoms with Crippen LogP contribution in [0.5, 0.6) is 5.75 Å². The van der Waals surface area contributed by atoms with Crippen molar-refractivity contribution in [1.29, 1.82) is 0 Å². The monoisotopic (exact) mass is 514 g/mol. The molecule has 0 heterocycles. The van der Waals surface area contributed by atoms with E-state index < -0.39 is 0 Å². The lowest BCUT2D eigenvalue weighted by Gasteiger charge is -2.14. The highest BCUT2D eigenvalue weighted by Crippen LogP contribution is 2.17. The fourth-order valence-corrected chi connectivity index (χ4v) is 2.54. The van der Waals surface area contributed by atoms with Gasteiger partial charge in [-0.2, -0.15) is 0 Å². The fraction of sp³-hybridized carbons (Fsp3) is 0.333. The topological polar surface area (TPSA) is 74.8 Å². The third-order valence-electron chi connectivity index (χ3n) is 4.08. The highest BCUT2D eigenvalue weighted by atomic mass is 127. The van der Waals surface area contributed by atoms with Gasteiger partial charge in [-0.25, -0.2) is 4.39 Å². The molecule has 0 aliphatic rings. The Kier molecular flexibility index (Phi) is 11.0. The molecule has 0 spiro atoms. The van der Waals surface area contributed by atoms with Gasteiger partial charge in [0.05, 0.1) is 6.61 Å². The zero-order chi connectivity index (χ0) is 20.4. The Morgan fingerprint density at radius 2 is 1.83 bits per heavy atom. The number of amides is 1. The molecule has 2 aromatic carbocycles. The maximum Gasteiger partial charge on any atom is 0.251 e.